The number of rotatable bonds is 4. The van der Waals surface area contributed by atoms with Gasteiger partial charge in [0, 0.05) is 6.08 Å². The molecule has 1 aromatic carbocycles. The van der Waals surface area contributed by atoms with Crippen molar-refractivity contribution in [2.24, 2.45) is 0 Å². The Hall–Kier alpha value is -3.20. The Bertz CT molecular complexity index is 887. The van der Waals surface area contributed by atoms with Crippen molar-refractivity contribution >= 4 is 35.0 Å². The van der Waals surface area contributed by atoms with Gasteiger partial charge in [0.25, 0.3) is 11.6 Å². The van der Waals surface area contributed by atoms with Gasteiger partial charge in [-0.25, -0.2) is 0 Å². The number of thiocarbonyl (C=S) groups is 1. The molecule has 9 heteroatoms. The number of hydrogen-bond donors (Lipinski definition) is 2. The maximum atomic E-state index is 11.6. The maximum Gasteiger partial charge on any atom is 0.284 e. The van der Waals surface area contributed by atoms with E-state index in [2.05, 4.69) is 10.6 Å². The van der Waals surface area contributed by atoms with E-state index in [4.69, 9.17) is 21.4 Å². The Morgan fingerprint density at radius 2 is 2.08 bits per heavy atom. The number of benzene rings is 1. The zero-order valence-corrected chi connectivity index (χ0v) is 13.2. The van der Waals surface area contributed by atoms with Gasteiger partial charge in [-0.3, -0.25) is 20.2 Å². The second-order valence-corrected chi connectivity index (χ2v) is 5.22. The van der Waals surface area contributed by atoms with E-state index in [1.54, 1.807) is 24.3 Å². The van der Waals surface area contributed by atoms with Gasteiger partial charge in [-0.05, 0) is 36.5 Å². The zero-order chi connectivity index (χ0) is 17.3. The van der Waals surface area contributed by atoms with Crippen LogP contribution in [0.5, 0.6) is 5.75 Å². The van der Waals surface area contributed by atoms with Crippen molar-refractivity contribution in [3.63, 3.8) is 0 Å². The average molecular weight is 345 g/mol. The van der Waals surface area contributed by atoms with Crippen LogP contribution in [0.15, 0.2) is 40.4 Å². The molecule has 1 aromatic heterocycles. The first-order chi connectivity index (χ1) is 11.5. The number of methoxy groups -OCH3 is 1. The molecule has 1 fully saturated rings. The number of nitrogens with zero attached hydrogens (tertiary/aromatic N) is 1. The van der Waals surface area contributed by atoms with E-state index in [9.17, 15) is 14.9 Å². The van der Waals surface area contributed by atoms with E-state index in [1.807, 2.05) is 0 Å². The lowest BCUT2D eigenvalue weighted by molar-refractivity contribution is -0.384. The summed E-state index contributed by atoms with van der Waals surface area (Å²) in [4.78, 5) is 22.3. The molecule has 0 atom stereocenters. The van der Waals surface area contributed by atoms with Crippen LogP contribution in [0, 0.1) is 10.1 Å². The van der Waals surface area contributed by atoms with Crippen molar-refractivity contribution in [1.82, 2.24) is 10.6 Å². The second-order valence-electron chi connectivity index (χ2n) is 4.81. The number of furan rings is 1. The van der Waals surface area contributed by atoms with Crippen LogP contribution >= 0.6 is 12.2 Å². The predicted octanol–water partition coefficient (Wildman–Crippen LogP) is 2.21. The first-order valence-electron chi connectivity index (χ1n) is 6.74. The van der Waals surface area contributed by atoms with E-state index in [-0.39, 0.29) is 22.4 Å². The number of nitrogens with one attached hydrogen (secondary N) is 2. The molecule has 0 saturated carbocycles. The number of carbonyl (C=O) groups is 1. The van der Waals surface area contributed by atoms with E-state index >= 15 is 0 Å². The SMILES string of the molecule is COc1ccc(-c2ccc(/C=C3\NC(=S)NC3=O)o2)c([N+](=O)[O-])c1. The average Bonchev–Trinajstić information content (AvgIpc) is 3.13. The number of nitro benzene ring substituents is 1. The van der Waals surface area contributed by atoms with E-state index in [0.717, 1.165) is 0 Å². The van der Waals surface area contributed by atoms with Crippen LogP contribution in [0.3, 0.4) is 0 Å². The van der Waals surface area contributed by atoms with Crippen LogP contribution in [0.1, 0.15) is 5.76 Å². The summed E-state index contributed by atoms with van der Waals surface area (Å²) in [6.07, 6.45) is 1.47. The van der Waals surface area contributed by atoms with Crippen LogP contribution in [0.25, 0.3) is 17.4 Å². The fourth-order valence-corrected chi connectivity index (χ4v) is 2.40. The monoisotopic (exact) mass is 345 g/mol. The number of nitro groups is 1. The molecule has 1 saturated heterocycles. The zero-order valence-electron chi connectivity index (χ0n) is 12.4. The fraction of sp³-hybridized carbons (Fsp3) is 0.0667. The molecule has 2 aromatic rings. The summed E-state index contributed by atoms with van der Waals surface area (Å²) in [6.45, 7) is 0. The fourth-order valence-electron chi connectivity index (χ4n) is 2.20. The molecular formula is C15H11N3O5S. The molecule has 1 aliphatic rings. The van der Waals surface area contributed by atoms with E-state index in [0.29, 0.717) is 22.8 Å². The highest BCUT2D eigenvalue weighted by Crippen LogP contribution is 2.34. The highest BCUT2D eigenvalue weighted by Gasteiger charge is 2.22. The van der Waals surface area contributed by atoms with Crippen molar-refractivity contribution in [3.05, 3.63) is 51.9 Å². The minimum absolute atomic E-state index is 0.138. The molecule has 0 bridgehead atoms. The van der Waals surface area contributed by atoms with Gasteiger partial charge in [0.2, 0.25) is 0 Å². The van der Waals surface area contributed by atoms with E-state index in [1.165, 1.54) is 19.3 Å². The molecule has 3 rings (SSSR count). The minimum Gasteiger partial charge on any atom is -0.497 e. The molecule has 8 nitrogen and oxygen atoms in total. The third-order valence-corrected chi connectivity index (χ3v) is 3.50. The summed E-state index contributed by atoms with van der Waals surface area (Å²) in [5, 5.41) is 16.6. The first kappa shape index (κ1) is 15.7. The smallest absolute Gasteiger partial charge is 0.284 e. The molecule has 0 unspecified atom stereocenters. The Morgan fingerprint density at radius 1 is 1.29 bits per heavy atom. The molecule has 0 radical (unpaired) electrons. The number of hydrogen-bond acceptors (Lipinski definition) is 6. The minimum atomic E-state index is -0.511. The Morgan fingerprint density at radius 3 is 2.71 bits per heavy atom. The number of amides is 1. The highest BCUT2D eigenvalue weighted by atomic mass is 32.1. The molecule has 0 spiro atoms. The lowest BCUT2D eigenvalue weighted by Crippen LogP contribution is -2.21. The third-order valence-electron chi connectivity index (χ3n) is 3.30. The normalized spacial score (nSPS) is 15.3. The largest absolute Gasteiger partial charge is 0.497 e. The van der Waals surface area contributed by atoms with E-state index < -0.39 is 4.92 Å². The maximum absolute atomic E-state index is 11.6. The lowest BCUT2D eigenvalue weighted by Gasteiger charge is -2.03. The standard InChI is InChI=1S/C15H11N3O5S/c1-22-8-2-4-10(12(7-8)18(20)21)13-5-3-9(23-13)6-11-14(19)17-15(24)16-11/h2-7H,1H3,(H2,16,17,19,24)/b11-6-. The van der Waals surface area contributed by atoms with Gasteiger partial charge >= 0.3 is 0 Å². The van der Waals surface area contributed by atoms with Crippen LogP contribution in [-0.2, 0) is 4.79 Å². The van der Waals surface area contributed by atoms with Crippen molar-refractivity contribution in [2.45, 2.75) is 0 Å². The molecular weight excluding hydrogens is 334 g/mol. The van der Waals surface area contributed by atoms with Crippen molar-refractivity contribution in [2.75, 3.05) is 7.11 Å². The molecule has 0 aliphatic carbocycles. The number of carbonyl (C=O) groups excluding carboxylic acids is 1. The van der Waals surface area contributed by atoms with Crippen LogP contribution in [0.4, 0.5) is 5.69 Å². The molecule has 24 heavy (non-hydrogen) atoms. The Kier molecular flexibility index (Phi) is 4.00. The first-order valence-corrected chi connectivity index (χ1v) is 7.15. The number of ether oxygens (including phenoxy) is 1. The molecule has 1 aliphatic heterocycles. The van der Waals surface area contributed by atoms with Gasteiger partial charge in [0.15, 0.2) is 5.11 Å². The van der Waals surface area contributed by atoms with Gasteiger partial charge < -0.3 is 14.5 Å². The summed E-state index contributed by atoms with van der Waals surface area (Å²) in [5.41, 5.74) is 0.413. The summed E-state index contributed by atoms with van der Waals surface area (Å²) < 4.78 is 10.6. The van der Waals surface area contributed by atoms with Gasteiger partial charge in [0.05, 0.1) is 23.7 Å². The van der Waals surface area contributed by atoms with Crippen LogP contribution in [-0.4, -0.2) is 23.1 Å². The summed E-state index contributed by atoms with van der Waals surface area (Å²) in [5.74, 6) is 0.669. The molecule has 2 heterocycles. The van der Waals surface area contributed by atoms with Crippen LogP contribution < -0.4 is 15.4 Å². The Labute approximate surface area is 141 Å². The molecule has 1 amide bonds. The van der Waals surface area contributed by atoms with Gasteiger partial charge in [-0.1, -0.05) is 0 Å². The molecule has 2 N–H and O–H groups in total. The van der Waals surface area contributed by atoms with Crippen LogP contribution in [0.2, 0.25) is 0 Å². The molecule has 122 valence electrons. The van der Waals surface area contributed by atoms with Gasteiger partial charge in [-0.15, -0.1) is 0 Å². The Balaban J connectivity index is 1.97. The van der Waals surface area contributed by atoms with Crippen molar-refractivity contribution in [3.8, 4) is 17.1 Å². The van der Waals surface area contributed by atoms with Gasteiger partial charge in [0.1, 0.15) is 23.0 Å². The van der Waals surface area contributed by atoms with Crippen molar-refractivity contribution in [1.29, 1.82) is 0 Å². The summed E-state index contributed by atoms with van der Waals surface area (Å²) in [6, 6.07) is 7.66. The second kappa shape index (κ2) is 6.13. The summed E-state index contributed by atoms with van der Waals surface area (Å²) in [7, 11) is 1.43. The highest BCUT2D eigenvalue weighted by molar-refractivity contribution is 7.80. The van der Waals surface area contributed by atoms with Gasteiger partial charge in [-0.2, -0.15) is 0 Å². The quantitative estimate of drug-likeness (QED) is 0.379. The summed E-state index contributed by atoms with van der Waals surface area (Å²) >= 11 is 4.84. The lowest BCUT2D eigenvalue weighted by atomic mass is 10.1. The van der Waals surface area contributed by atoms with Crippen molar-refractivity contribution < 1.29 is 18.9 Å². The predicted molar refractivity (Wildman–Crippen MR) is 89.2 cm³/mol. The topological polar surface area (TPSA) is 107 Å². The third kappa shape index (κ3) is 2.97.